The molecular formula is C24H22F2N6O2S. The van der Waals surface area contributed by atoms with Crippen molar-refractivity contribution < 1.29 is 17.2 Å². The first kappa shape index (κ1) is 23.1. The minimum atomic E-state index is -4.18. The monoisotopic (exact) mass is 496 g/mol. The third-order valence-electron chi connectivity index (χ3n) is 5.90. The zero-order valence-electron chi connectivity index (χ0n) is 18.8. The maximum absolute atomic E-state index is 14.0. The van der Waals surface area contributed by atoms with E-state index in [0.29, 0.717) is 22.8 Å². The Morgan fingerprint density at radius 3 is 2.54 bits per heavy atom. The summed E-state index contributed by atoms with van der Waals surface area (Å²) in [6.07, 6.45) is 4.43. The molecule has 1 aliphatic rings. The number of fused-ring (bicyclic) bond motifs is 1. The summed E-state index contributed by atoms with van der Waals surface area (Å²) < 4.78 is 55.1. The number of hydrogen-bond donors (Lipinski definition) is 1. The van der Waals surface area contributed by atoms with Crippen molar-refractivity contribution >= 4 is 32.4 Å². The van der Waals surface area contributed by atoms with Crippen molar-refractivity contribution in [3.8, 4) is 11.3 Å². The number of benzene rings is 1. The van der Waals surface area contributed by atoms with Gasteiger partial charge < -0.3 is 9.80 Å². The summed E-state index contributed by atoms with van der Waals surface area (Å²) in [6, 6.07) is 9.55. The molecule has 4 aromatic rings. The van der Waals surface area contributed by atoms with E-state index in [4.69, 9.17) is 4.98 Å². The molecule has 1 N–H and O–H groups in total. The van der Waals surface area contributed by atoms with Crippen LogP contribution in [0.15, 0.2) is 66.0 Å². The van der Waals surface area contributed by atoms with Gasteiger partial charge in [-0.2, -0.15) is 0 Å². The highest BCUT2D eigenvalue weighted by atomic mass is 32.2. The van der Waals surface area contributed by atoms with Gasteiger partial charge in [0, 0.05) is 56.4 Å². The van der Waals surface area contributed by atoms with Crippen molar-refractivity contribution in [2.24, 2.45) is 0 Å². The van der Waals surface area contributed by atoms with Crippen molar-refractivity contribution in [2.45, 2.75) is 4.90 Å². The second kappa shape index (κ2) is 9.16. The molecule has 5 rings (SSSR count). The molecule has 3 aromatic heterocycles. The molecule has 0 unspecified atom stereocenters. The number of hydrogen-bond acceptors (Lipinski definition) is 7. The smallest absolute Gasteiger partial charge is 0.263 e. The summed E-state index contributed by atoms with van der Waals surface area (Å²) in [7, 11) is -2.09. The Hall–Kier alpha value is -3.70. The van der Waals surface area contributed by atoms with Gasteiger partial charge in [0.15, 0.2) is 0 Å². The Morgan fingerprint density at radius 1 is 0.971 bits per heavy atom. The number of nitrogens with one attached hydrogen (secondary N) is 1. The lowest BCUT2D eigenvalue weighted by molar-refractivity contribution is 0.313. The highest BCUT2D eigenvalue weighted by molar-refractivity contribution is 7.92. The number of pyridine rings is 3. The summed E-state index contributed by atoms with van der Waals surface area (Å²) in [6.45, 7) is 3.61. The van der Waals surface area contributed by atoms with Gasteiger partial charge in [-0.15, -0.1) is 0 Å². The molecule has 0 bridgehead atoms. The molecule has 0 radical (unpaired) electrons. The Balaban J connectivity index is 1.49. The van der Waals surface area contributed by atoms with Gasteiger partial charge in [0.05, 0.1) is 22.6 Å². The Bertz CT molecular complexity index is 1510. The maximum Gasteiger partial charge on any atom is 0.263 e. The molecule has 0 spiro atoms. The highest BCUT2D eigenvalue weighted by Gasteiger charge is 2.20. The van der Waals surface area contributed by atoms with Crippen LogP contribution in [0.3, 0.4) is 0 Å². The number of likely N-dealkylation sites (N-methyl/N-ethyl adjacent to an activating group) is 1. The lowest BCUT2D eigenvalue weighted by atomic mass is 10.1. The summed E-state index contributed by atoms with van der Waals surface area (Å²) in [5, 5.41) is 0. The first-order valence-electron chi connectivity index (χ1n) is 10.9. The molecule has 180 valence electrons. The van der Waals surface area contributed by atoms with Gasteiger partial charge >= 0.3 is 0 Å². The minimum Gasteiger partial charge on any atom is -0.367 e. The number of rotatable bonds is 5. The summed E-state index contributed by atoms with van der Waals surface area (Å²) in [4.78, 5) is 17.6. The largest absolute Gasteiger partial charge is 0.367 e. The summed E-state index contributed by atoms with van der Waals surface area (Å²) in [5.41, 5.74) is 3.06. The third kappa shape index (κ3) is 4.77. The van der Waals surface area contributed by atoms with E-state index < -0.39 is 21.7 Å². The molecule has 1 saturated heterocycles. The van der Waals surface area contributed by atoms with E-state index in [1.54, 1.807) is 12.3 Å². The van der Waals surface area contributed by atoms with Crippen LogP contribution in [0.25, 0.3) is 22.3 Å². The molecule has 0 atom stereocenters. The molecule has 0 amide bonds. The van der Waals surface area contributed by atoms with Crippen LogP contribution in [0.2, 0.25) is 0 Å². The molecule has 0 saturated carbocycles. The topological polar surface area (TPSA) is 91.3 Å². The number of sulfonamides is 1. The van der Waals surface area contributed by atoms with E-state index in [1.807, 2.05) is 12.1 Å². The van der Waals surface area contributed by atoms with Gasteiger partial charge in [0.2, 0.25) is 0 Å². The number of piperazine rings is 1. The normalized spacial score (nSPS) is 14.9. The Morgan fingerprint density at radius 2 is 1.77 bits per heavy atom. The van der Waals surface area contributed by atoms with Crippen LogP contribution in [0, 0.1) is 11.6 Å². The zero-order valence-corrected chi connectivity index (χ0v) is 19.6. The standard InChI is InChI=1S/C24H22F2N6O2S/c1-31-8-10-32(11-9-31)23-6-7-28-22-5-4-20(29-24(22)23)16-12-18(15-27-14-16)35(33,34)30-21-3-2-17(25)13-19(21)26/h2-7,12-15,30H,8-11H2,1H3. The molecule has 35 heavy (non-hydrogen) atoms. The molecule has 1 aliphatic heterocycles. The average molecular weight is 497 g/mol. The fourth-order valence-electron chi connectivity index (χ4n) is 3.96. The predicted molar refractivity (Wildman–Crippen MR) is 130 cm³/mol. The van der Waals surface area contributed by atoms with Crippen LogP contribution < -0.4 is 9.62 Å². The van der Waals surface area contributed by atoms with Crippen LogP contribution >= 0.6 is 0 Å². The lowest BCUT2D eigenvalue weighted by Gasteiger charge is -2.34. The highest BCUT2D eigenvalue weighted by Crippen LogP contribution is 2.29. The number of halogens is 2. The fourth-order valence-corrected chi connectivity index (χ4v) is 5.01. The van der Waals surface area contributed by atoms with Gasteiger partial charge in [-0.25, -0.2) is 22.2 Å². The lowest BCUT2D eigenvalue weighted by Crippen LogP contribution is -2.44. The van der Waals surface area contributed by atoms with Gasteiger partial charge in [0.1, 0.15) is 22.0 Å². The molecule has 1 fully saturated rings. The second-order valence-electron chi connectivity index (χ2n) is 8.32. The SMILES string of the molecule is CN1CCN(c2ccnc3ccc(-c4cncc(S(=O)(=O)Nc5ccc(F)cc5F)c4)nc23)CC1. The van der Waals surface area contributed by atoms with Gasteiger partial charge in [-0.1, -0.05) is 0 Å². The second-order valence-corrected chi connectivity index (χ2v) is 10.0. The van der Waals surface area contributed by atoms with E-state index >= 15 is 0 Å². The first-order valence-corrected chi connectivity index (χ1v) is 12.4. The zero-order chi connectivity index (χ0) is 24.6. The summed E-state index contributed by atoms with van der Waals surface area (Å²) in [5.74, 6) is -1.82. The van der Waals surface area contributed by atoms with Crippen LogP contribution in [0.4, 0.5) is 20.2 Å². The number of anilines is 2. The summed E-state index contributed by atoms with van der Waals surface area (Å²) >= 11 is 0. The van der Waals surface area contributed by atoms with E-state index in [-0.39, 0.29) is 10.6 Å². The first-order chi connectivity index (χ1) is 16.8. The molecule has 8 nitrogen and oxygen atoms in total. The minimum absolute atomic E-state index is 0.175. The number of nitrogens with zero attached hydrogens (tertiary/aromatic N) is 5. The molecule has 1 aromatic carbocycles. The Labute approximate surface area is 201 Å². The van der Waals surface area contributed by atoms with E-state index in [9.17, 15) is 17.2 Å². The van der Waals surface area contributed by atoms with Crippen LogP contribution in [0.1, 0.15) is 0 Å². The molecule has 4 heterocycles. The Kier molecular flexibility index (Phi) is 6.03. The average Bonchev–Trinajstić information content (AvgIpc) is 2.86. The van der Waals surface area contributed by atoms with Crippen molar-refractivity contribution in [1.29, 1.82) is 0 Å². The van der Waals surface area contributed by atoms with Crippen molar-refractivity contribution in [3.05, 3.63) is 72.7 Å². The van der Waals surface area contributed by atoms with Gasteiger partial charge in [0.25, 0.3) is 10.0 Å². The number of aromatic nitrogens is 3. The van der Waals surface area contributed by atoms with Gasteiger partial charge in [-0.3, -0.25) is 14.7 Å². The van der Waals surface area contributed by atoms with E-state index in [2.05, 4.69) is 31.5 Å². The van der Waals surface area contributed by atoms with Crippen molar-refractivity contribution in [2.75, 3.05) is 42.8 Å². The van der Waals surface area contributed by atoms with Crippen LogP contribution in [-0.4, -0.2) is 61.5 Å². The molecular weight excluding hydrogens is 474 g/mol. The molecule has 0 aliphatic carbocycles. The van der Waals surface area contributed by atoms with Crippen LogP contribution in [0.5, 0.6) is 0 Å². The van der Waals surface area contributed by atoms with Crippen molar-refractivity contribution in [3.63, 3.8) is 0 Å². The molecule has 11 heteroatoms. The van der Waals surface area contributed by atoms with E-state index in [1.165, 1.54) is 12.3 Å². The third-order valence-corrected chi connectivity index (χ3v) is 7.23. The fraction of sp³-hybridized carbons (Fsp3) is 0.208. The maximum atomic E-state index is 14.0. The van der Waals surface area contributed by atoms with Crippen LogP contribution in [-0.2, 0) is 10.0 Å². The quantitative estimate of drug-likeness (QED) is 0.452. The van der Waals surface area contributed by atoms with E-state index in [0.717, 1.165) is 55.7 Å². The van der Waals surface area contributed by atoms with Gasteiger partial charge in [-0.05, 0) is 43.4 Å². The predicted octanol–water partition coefficient (Wildman–Crippen LogP) is 3.52. The van der Waals surface area contributed by atoms with Crippen molar-refractivity contribution in [1.82, 2.24) is 19.9 Å².